The van der Waals surface area contributed by atoms with Crippen LogP contribution in [0.15, 0.2) is 23.3 Å². The lowest BCUT2D eigenvalue weighted by atomic mass is 9.84. The Kier molecular flexibility index (Phi) is 8.00. The van der Waals surface area contributed by atoms with Gasteiger partial charge in [-0.05, 0) is 38.0 Å². The fourth-order valence-corrected chi connectivity index (χ4v) is 2.35. The van der Waals surface area contributed by atoms with Crippen LogP contribution in [-0.2, 0) is 9.59 Å². The Morgan fingerprint density at radius 1 is 1.05 bits per heavy atom. The number of allylic oxidation sites excluding steroid dienone is 2. The molecular weight excluding hydrogens is 268 g/mol. The Balaban J connectivity index is 4.21. The summed E-state index contributed by atoms with van der Waals surface area (Å²) in [6, 6.07) is 0. The molecule has 0 aromatic rings. The summed E-state index contributed by atoms with van der Waals surface area (Å²) in [5.74, 6) is -1.48. The van der Waals surface area contributed by atoms with Crippen LogP contribution in [0, 0.1) is 11.3 Å². The van der Waals surface area contributed by atoms with E-state index in [0.29, 0.717) is 11.1 Å². The summed E-state index contributed by atoms with van der Waals surface area (Å²) in [7, 11) is 0. The number of hydrogen-bond donors (Lipinski definition) is 2. The van der Waals surface area contributed by atoms with Crippen LogP contribution in [0.5, 0.6) is 0 Å². The summed E-state index contributed by atoms with van der Waals surface area (Å²) in [5, 5.41) is 17.7. The summed E-state index contributed by atoms with van der Waals surface area (Å²) >= 11 is 0. The molecule has 0 saturated carbocycles. The highest BCUT2D eigenvalue weighted by Crippen LogP contribution is 2.27. The highest BCUT2D eigenvalue weighted by Gasteiger charge is 2.16. The van der Waals surface area contributed by atoms with E-state index in [1.807, 2.05) is 26.8 Å². The average molecular weight is 296 g/mol. The van der Waals surface area contributed by atoms with E-state index in [1.165, 1.54) is 0 Å². The Morgan fingerprint density at radius 2 is 1.57 bits per heavy atom. The Hall–Kier alpha value is -1.58. The molecule has 0 aliphatic heterocycles. The summed E-state index contributed by atoms with van der Waals surface area (Å²) in [6.07, 6.45) is 7.48. The molecule has 1 atom stereocenters. The van der Waals surface area contributed by atoms with Crippen molar-refractivity contribution in [1.82, 2.24) is 0 Å². The van der Waals surface area contributed by atoms with E-state index in [9.17, 15) is 9.59 Å². The molecule has 120 valence electrons. The lowest BCUT2D eigenvalue weighted by Gasteiger charge is -2.21. The molecule has 0 aromatic heterocycles. The van der Waals surface area contributed by atoms with Gasteiger partial charge in [0.15, 0.2) is 0 Å². The molecule has 0 saturated heterocycles. The number of carboxylic acids is 2. The maximum Gasteiger partial charge on any atom is 0.330 e. The first-order valence-electron chi connectivity index (χ1n) is 7.39. The first kappa shape index (κ1) is 19.4. The molecule has 0 aromatic carbocycles. The number of unbranched alkanes of at least 4 members (excludes halogenated alkanes) is 1. The summed E-state index contributed by atoms with van der Waals surface area (Å²) in [4.78, 5) is 21.6. The van der Waals surface area contributed by atoms with Crippen molar-refractivity contribution in [3.63, 3.8) is 0 Å². The van der Waals surface area contributed by atoms with Gasteiger partial charge in [-0.2, -0.15) is 0 Å². The van der Waals surface area contributed by atoms with Gasteiger partial charge in [0.25, 0.3) is 0 Å². The van der Waals surface area contributed by atoms with Crippen LogP contribution in [0.2, 0.25) is 0 Å². The van der Waals surface area contributed by atoms with E-state index in [4.69, 9.17) is 10.2 Å². The second-order valence-electron chi connectivity index (χ2n) is 6.50. The van der Waals surface area contributed by atoms with Crippen LogP contribution in [0.1, 0.15) is 60.3 Å². The molecule has 0 amide bonds. The van der Waals surface area contributed by atoms with Crippen molar-refractivity contribution in [3.05, 3.63) is 23.3 Å². The SMILES string of the molecule is CC(=CC(C)CCCCC(C)(C)C=C(C)C(=O)O)C(=O)O. The van der Waals surface area contributed by atoms with Crippen molar-refractivity contribution in [3.8, 4) is 0 Å². The van der Waals surface area contributed by atoms with Crippen molar-refractivity contribution in [1.29, 1.82) is 0 Å². The van der Waals surface area contributed by atoms with Gasteiger partial charge in [0.2, 0.25) is 0 Å². The van der Waals surface area contributed by atoms with Crippen molar-refractivity contribution >= 4 is 11.9 Å². The number of aliphatic carboxylic acids is 2. The van der Waals surface area contributed by atoms with E-state index >= 15 is 0 Å². The largest absolute Gasteiger partial charge is 0.478 e. The molecule has 0 heterocycles. The van der Waals surface area contributed by atoms with E-state index < -0.39 is 11.9 Å². The lowest BCUT2D eigenvalue weighted by molar-refractivity contribution is -0.133. The zero-order chi connectivity index (χ0) is 16.6. The van der Waals surface area contributed by atoms with E-state index in [1.54, 1.807) is 19.9 Å². The van der Waals surface area contributed by atoms with Crippen molar-refractivity contribution in [2.75, 3.05) is 0 Å². The number of carboxylic acid groups (broad SMARTS) is 2. The molecule has 0 fully saturated rings. The van der Waals surface area contributed by atoms with Crippen LogP contribution in [0.3, 0.4) is 0 Å². The van der Waals surface area contributed by atoms with Crippen LogP contribution >= 0.6 is 0 Å². The number of carbonyl (C=O) groups is 2. The normalized spacial score (nSPS) is 14.9. The van der Waals surface area contributed by atoms with Crippen LogP contribution in [0.4, 0.5) is 0 Å². The Bertz CT molecular complexity index is 430. The van der Waals surface area contributed by atoms with E-state index in [-0.39, 0.29) is 11.3 Å². The van der Waals surface area contributed by atoms with Crippen LogP contribution in [-0.4, -0.2) is 22.2 Å². The van der Waals surface area contributed by atoms with Crippen molar-refractivity contribution in [2.24, 2.45) is 11.3 Å². The first-order chi connectivity index (χ1) is 9.55. The molecule has 0 bridgehead atoms. The average Bonchev–Trinajstić information content (AvgIpc) is 2.33. The lowest BCUT2D eigenvalue weighted by Crippen LogP contribution is -2.11. The van der Waals surface area contributed by atoms with Crippen molar-refractivity contribution in [2.45, 2.75) is 60.3 Å². The Labute approximate surface area is 127 Å². The Morgan fingerprint density at radius 3 is 2.05 bits per heavy atom. The van der Waals surface area contributed by atoms with Crippen LogP contribution in [0.25, 0.3) is 0 Å². The number of rotatable bonds is 9. The minimum atomic E-state index is -0.869. The van der Waals surface area contributed by atoms with Gasteiger partial charge < -0.3 is 10.2 Å². The van der Waals surface area contributed by atoms with Gasteiger partial charge in [-0.1, -0.05) is 45.8 Å². The van der Waals surface area contributed by atoms with E-state index in [0.717, 1.165) is 25.7 Å². The monoisotopic (exact) mass is 296 g/mol. The quantitative estimate of drug-likeness (QED) is 0.492. The fourth-order valence-electron chi connectivity index (χ4n) is 2.35. The summed E-state index contributed by atoms with van der Waals surface area (Å²) in [6.45, 7) is 9.33. The molecule has 0 aliphatic rings. The molecule has 0 spiro atoms. The second kappa shape index (κ2) is 8.65. The maximum absolute atomic E-state index is 10.8. The van der Waals surface area contributed by atoms with Gasteiger partial charge in [-0.3, -0.25) is 0 Å². The minimum absolute atomic E-state index is 0.126. The van der Waals surface area contributed by atoms with Gasteiger partial charge in [0, 0.05) is 11.1 Å². The summed E-state index contributed by atoms with van der Waals surface area (Å²) < 4.78 is 0. The number of hydrogen-bond acceptors (Lipinski definition) is 2. The van der Waals surface area contributed by atoms with E-state index in [2.05, 4.69) is 0 Å². The first-order valence-corrected chi connectivity index (χ1v) is 7.39. The highest BCUT2D eigenvalue weighted by molar-refractivity contribution is 5.86. The molecule has 21 heavy (non-hydrogen) atoms. The zero-order valence-electron chi connectivity index (χ0n) is 13.8. The molecular formula is C17H28O4. The standard InChI is InChI=1S/C17H28O4/c1-12(10-13(2)15(18)19)8-6-7-9-17(4,5)11-14(3)16(20)21/h10-12H,6-9H2,1-5H3,(H,18,19)(H,20,21). The highest BCUT2D eigenvalue weighted by atomic mass is 16.4. The van der Waals surface area contributed by atoms with Crippen molar-refractivity contribution < 1.29 is 19.8 Å². The predicted octanol–water partition coefficient (Wildman–Crippen LogP) is 4.27. The second-order valence-corrected chi connectivity index (χ2v) is 6.50. The molecule has 1 unspecified atom stereocenters. The topological polar surface area (TPSA) is 74.6 Å². The molecule has 0 aliphatic carbocycles. The smallest absolute Gasteiger partial charge is 0.330 e. The van der Waals surface area contributed by atoms with Gasteiger partial charge >= 0.3 is 11.9 Å². The third-order valence-corrected chi connectivity index (χ3v) is 3.55. The predicted molar refractivity (Wildman–Crippen MR) is 84.2 cm³/mol. The third-order valence-electron chi connectivity index (χ3n) is 3.55. The van der Waals surface area contributed by atoms with Gasteiger partial charge in [0.05, 0.1) is 0 Å². The maximum atomic E-state index is 10.8. The molecule has 4 nitrogen and oxygen atoms in total. The van der Waals surface area contributed by atoms with Gasteiger partial charge in [-0.15, -0.1) is 0 Å². The zero-order valence-corrected chi connectivity index (χ0v) is 13.8. The fraction of sp³-hybridized carbons (Fsp3) is 0.647. The molecule has 0 radical (unpaired) electrons. The molecule has 0 rings (SSSR count). The summed E-state index contributed by atoms with van der Waals surface area (Å²) in [5.41, 5.74) is 0.648. The minimum Gasteiger partial charge on any atom is -0.478 e. The molecule has 2 N–H and O–H groups in total. The molecule has 4 heteroatoms. The van der Waals surface area contributed by atoms with Crippen LogP contribution < -0.4 is 0 Å². The third kappa shape index (κ3) is 9.05. The van der Waals surface area contributed by atoms with Gasteiger partial charge in [0.1, 0.15) is 0 Å². The van der Waals surface area contributed by atoms with Gasteiger partial charge in [-0.25, -0.2) is 9.59 Å².